The van der Waals surface area contributed by atoms with E-state index in [0.29, 0.717) is 0 Å². The van der Waals surface area contributed by atoms with E-state index in [4.69, 9.17) is 21.7 Å². The van der Waals surface area contributed by atoms with Gasteiger partial charge in [-0.3, -0.25) is 10.7 Å². The number of aliphatic hydroxyl groups is 1. The van der Waals surface area contributed by atoms with Crippen molar-refractivity contribution >= 4 is 17.0 Å². The van der Waals surface area contributed by atoms with E-state index < -0.39 is 6.23 Å². The Balaban J connectivity index is 2.39. The molecule has 0 bridgehead atoms. The molecule has 1 atom stereocenters. The van der Waals surface area contributed by atoms with E-state index in [1.165, 1.54) is 0 Å². The highest BCUT2D eigenvalue weighted by Gasteiger charge is 2.13. The lowest BCUT2D eigenvalue weighted by molar-refractivity contribution is 0.151. The smallest absolute Gasteiger partial charge is 0.279 e. The zero-order chi connectivity index (χ0) is 8.97. The second-order valence-electron chi connectivity index (χ2n) is 2.49. The quantitative estimate of drug-likeness (QED) is 0.336. The van der Waals surface area contributed by atoms with E-state index in [0.717, 1.165) is 18.5 Å². The lowest BCUT2D eigenvalue weighted by Crippen LogP contribution is -2.36. The Bertz CT molecular complexity index is 206. The highest BCUT2D eigenvalue weighted by Crippen LogP contribution is 2.07. The minimum atomic E-state index is -0.658. The number of aliphatic hydroxyl groups excluding tert-OH is 1. The van der Waals surface area contributed by atoms with Crippen LogP contribution in [0.15, 0.2) is 11.6 Å². The van der Waals surface area contributed by atoms with E-state index in [1.807, 2.05) is 6.08 Å². The van der Waals surface area contributed by atoms with Gasteiger partial charge in [0.25, 0.3) is 5.36 Å². The summed E-state index contributed by atoms with van der Waals surface area (Å²) in [5.74, 6) is 0. The zero-order valence-electron chi connectivity index (χ0n) is 6.51. The Kier molecular flexibility index (Phi) is 3.52. The topological polar surface area (TPSA) is 65.3 Å². The molecule has 1 aliphatic heterocycles. The Morgan fingerprint density at radius 2 is 2.67 bits per heavy atom. The van der Waals surface area contributed by atoms with Crippen molar-refractivity contribution in [1.29, 1.82) is 5.41 Å². The van der Waals surface area contributed by atoms with Gasteiger partial charge in [-0.2, -0.15) is 0 Å². The van der Waals surface area contributed by atoms with Crippen LogP contribution in [0, 0.1) is 5.41 Å². The summed E-state index contributed by atoms with van der Waals surface area (Å²) in [4.78, 5) is 0. The van der Waals surface area contributed by atoms with Crippen LogP contribution in [0.1, 0.15) is 6.42 Å². The van der Waals surface area contributed by atoms with Gasteiger partial charge < -0.3 is 9.84 Å². The summed E-state index contributed by atoms with van der Waals surface area (Å²) in [6, 6.07) is 0. The van der Waals surface area contributed by atoms with Crippen molar-refractivity contribution in [2.45, 2.75) is 12.6 Å². The van der Waals surface area contributed by atoms with Gasteiger partial charge in [0.2, 0.25) is 0 Å². The summed E-state index contributed by atoms with van der Waals surface area (Å²) in [7, 11) is 0. The van der Waals surface area contributed by atoms with E-state index in [1.54, 1.807) is 0 Å². The molecule has 0 amide bonds. The molecule has 0 fully saturated rings. The summed E-state index contributed by atoms with van der Waals surface area (Å²) >= 11 is 5.18. The maximum absolute atomic E-state index is 9.31. The van der Waals surface area contributed by atoms with Crippen LogP contribution in [0.2, 0.25) is 0 Å². The molecule has 0 spiro atoms. The first-order chi connectivity index (χ1) is 5.70. The fraction of sp³-hybridized carbons (Fsp3) is 0.571. The Morgan fingerprint density at radius 3 is 3.25 bits per heavy atom. The Hall–Kier alpha value is -0.580. The van der Waals surface area contributed by atoms with Crippen LogP contribution in [0.5, 0.6) is 0 Å². The van der Waals surface area contributed by atoms with Crippen LogP contribution in [-0.4, -0.2) is 29.8 Å². The third-order valence-electron chi connectivity index (χ3n) is 1.61. The standard InChI is InChI=1S/C7H11ClN2O2/c8-7(9)12-4-5-2-1-3-10-6(5)11/h2,6,9-11H,1,3-4H2. The highest BCUT2D eigenvalue weighted by atomic mass is 35.5. The van der Waals surface area contributed by atoms with E-state index in [-0.39, 0.29) is 12.0 Å². The summed E-state index contributed by atoms with van der Waals surface area (Å²) in [6.45, 7) is 0.944. The zero-order valence-corrected chi connectivity index (χ0v) is 7.27. The average Bonchev–Trinajstić information content (AvgIpc) is 2.03. The van der Waals surface area contributed by atoms with Gasteiger partial charge in [-0.15, -0.1) is 0 Å². The third-order valence-corrected chi connectivity index (χ3v) is 1.71. The van der Waals surface area contributed by atoms with E-state index in [9.17, 15) is 5.11 Å². The third kappa shape index (κ3) is 2.81. The van der Waals surface area contributed by atoms with Crippen LogP contribution in [-0.2, 0) is 4.74 Å². The number of halogens is 1. The number of hydrogen-bond donors (Lipinski definition) is 3. The van der Waals surface area contributed by atoms with Gasteiger partial charge in [0.15, 0.2) is 0 Å². The van der Waals surface area contributed by atoms with Gasteiger partial charge in [-0.25, -0.2) is 0 Å². The lowest BCUT2D eigenvalue weighted by atomic mass is 10.1. The van der Waals surface area contributed by atoms with Gasteiger partial charge in [-0.05, 0) is 18.0 Å². The maximum atomic E-state index is 9.31. The average molecular weight is 191 g/mol. The summed E-state index contributed by atoms with van der Waals surface area (Å²) < 4.78 is 4.73. The van der Waals surface area contributed by atoms with Crippen molar-refractivity contribution < 1.29 is 9.84 Å². The van der Waals surface area contributed by atoms with Gasteiger partial charge in [-0.1, -0.05) is 6.08 Å². The van der Waals surface area contributed by atoms with E-state index in [2.05, 4.69) is 5.32 Å². The van der Waals surface area contributed by atoms with Crippen LogP contribution in [0.25, 0.3) is 0 Å². The highest BCUT2D eigenvalue weighted by molar-refractivity contribution is 6.61. The molecule has 0 saturated heterocycles. The van der Waals surface area contributed by atoms with Gasteiger partial charge >= 0.3 is 0 Å². The Morgan fingerprint density at radius 1 is 1.92 bits per heavy atom. The minimum absolute atomic E-state index is 0.177. The first-order valence-corrected chi connectivity index (χ1v) is 4.05. The predicted octanol–water partition coefficient (Wildman–Crippen LogP) is 0.415. The second-order valence-corrected chi connectivity index (χ2v) is 2.83. The number of rotatable bonds is 2. The van der Waals surface area contributed by atoms with Gasteiger partial charge in [0.1, 0.15) is 12.8 Å². The van der Waals surface area contributed by atoms with Crippen LogP contribution < -0.4 is 5.32 Å². The molecule has 5 heteroatoms. The molecule has 68 valence electrons. The molecule has 0 saturated carbocycles. The fourth-order valence-corrected chi connectivity index (χ4v) is 1.06. The van der Waals surface area contributed by atoms with Crippen LogP contribution in [0.3, 0.4) is 0 Å². The molecule has 0 radical (unpaired) electrons. The fourth-order valence-electron chi connectivity index (χ4n) is 1.00. The molecule has 3 N–H and O–H groups in total. The van der Waals surface area contributed by atoms with Crippen molar-refractivity contribution in [2.24, 2.45) is 0 Å². The molecule has 1 aliphatic rings. The first-order valence-electron chi connectivity index (χ1n) is 3.67. The molecule has 4 nitrogen and oxygen atoms in total. The second kappa shape index (κ2) is 4.45. The lowest BCUT2D eigenvalue weighted by Gasteiger charge is -2.20. The van der Waals surface area contributed by atoms with Crippen molar-refractivity contribution in [2.75, 3.05) is 13.2 Å². The number of nitrogens with one attached hydrogen (secondary N) is 2. The van der Waals surface area contributed by atoms with E-state index >= 15 is 0 Å². The van der Waals surface area contributed by atoms with Crippen molar-refractivity contribution in [3.8, 4) is 0 Å². The first kappa shape index (κ1) is 9.51. The van der Waals surface area contributed by atoms with Gasteiger partial charge in [0.05, 0.1) is 0 Å². The normalized spacial score (nSPS) is 23.2. The monoisotopic (exact) mass is 190 g/mol. The molecule has 1 heterocycles. The van der Waals surface area contributed by atoms with Crippen molar-refractivity contribution in [3.63, 3.8) is 0 Å². The van der Waals surface area contributed by atoms with Crippen molar-refractivity contribution in [3.05, 3.63) is 11.6 Å². The molecular formula is C7H11ClN2O2. The molecule has 0 aromatic carbocycles. The molecule has 1 unspecified atom stereocenters. The SMILES string of the molecule is N=C(Cl)OCC1=CCCNC1O. The largest absolute Gasteiger partial charge is 0.465 e. The molecule has 12 heavy (non-hydrogen) atoms. The van der Waals surface area contributed by atoms with Crippen LogP contribution >= 0.6 is 11.6 Å². The molecular weight excluding hydrogens is 180 g/mol. The maximum Gasteiger partial charge on any atom is 0.279 e. The van der Waals surface area contributed by atoms with Crippen molar-refractivity contribution in [1.82, 2.24) is 5.32 Å². The predicted molar refractivity (Wildman–Crippen MR) is 46.2 cm³/mol. The summed E-state index contributed by atoms with van der Waals surface area (Å²) in [6.07, 6.45) is 2.10. The molecule has 0 aromatic rings. The molecule has 1 rings (SSSR count). The Labute approximate surface area is 75.7 Å². The minimum Gasteiger partial charge on any atom is -0.465 e. The summed E-state index contributed by atoms with van der Waals surface area (Å²) in [5.41, 5.74) is 0.728. The molecule has 0 aromatic heterocycles. The van der Waals surface area contributed by atoms with Crippen LogP contribution in [0.4, 0.5) is 0 Å². The van der Waals surface area contributed by atoms with Gasteiger partial charge in [0, 0.05) is 12.1 Å². The number of hydrogen-bond acceptors (Lipinski definition) is 4. The number of ether oxygens (including phenoxy) is 1. The summed E-state index contributed by atoms with van der Waals surface area (Å²) in [5, 5.41) is 18.6. The molecule has 0 aliphatic carbocycles.